The summed E-state index contributed by atoms with van der Waals surface area (Å²) < 4.78 is 37.5. The summed E-state index contributed by atoms with van der Waals surface area (Å²) in [4.78, 5) is 0. The fourth-order valence-corrected chi connectivity index (χ4v) is 5.34. The fourth-order valence-electron chi connectivity index (χ4n) is 5.34. The van der Waals surface area contributed by atoms with E-state index >= 15 is 0 Å². The van der Waals surface area contributed by atoms with Gasteiger partial charge >= 0.3 is 0 Å². The normalized spacial score (nSPS) is 44.8. The predicted molar refractivity (Wildman–Crippen MR) is 87.9 cm³/mol. The highest BCUT2D eigenvalue weighted by atomic mass is 16.9. The van der Waals surface area contributed by atoms with Gasteiger partial charge in [-0.3, -0.25) is 0 Å². The molecule has 2 spiro atoms. The molecule has 0 aromatic carbocycles. The molecule has 6 heteroatoms. The Balaban J connectivity index is 1.40. The molecule has 5 unspecified atom stereocenters. The number of rotatable bonds is 2. The molecule has 0 N–H and O–H groups in total. The minimum Gasteiger partial charge on any atom is -0.382 e. The third-order valence-electron chi connectivity index (χ3n) is 6.54. The molecular weight excluding hydrogens is 324 g/mol. The van der Waals surface area contributed by atoms with Crippen LogP contribution in [0.2, 0.25) is 0 Å². The Morgan fingerprint density at radius 1 is 0.720 bits per heavy atom. The zero-order valence-electron chi connectivity index (χ0n) is 15.1. The van der Waals surface area contributed by atoms with Gasteiger partial charge in [0.05, 0.1) is 6.61 Å². The van der Waals surface area contributed by atoms with Crippen molar-refractivity contribution >= 4 is 0 Å². The third kappa shape index (κ3) is 2.86. The highest BCUT2D eigenvalue weighted by Crippen LogP contribution is 2.50. The fraction of sp³-hybridized carbons (Fsp3) is 1.00. The summed E-state index contributed by atoms with van der Waals surface area (Å²) in [5.74, 6) is -0.935. The van der Waals surface area contributed by atoms with E-state index in [1.807, 2.05) is 0 Å². The largest absolute Gasteiger partial charge is 0.382 e. The average Bonchev–Trinajstić information content (AvgIpc) is 3.15. The number of ether oxygens (including phenoxy) is 6. The summed E-state index contributed by atoms with van der Waals surface area (Å²) in [6.07, 6.45) is 9.94. The standard InChI is InChI=1S/C19H30O6/c1-20-12-13-14-15(23-18(22-14)8-4-2-5-9-18)16-17(21-13)25-19(24-16)10-6-3-7-11-19/h13-17H,2-12H2,1H3. The van der Waals surface area contributed by atoms with Crippen molar-refractivity contribution in [3.05, 3.63) is 0 Å². The van der Waals surface area contributed by atoms with Gasteiger partial charge in [0.1, 0.15) is 24.4 Å². The zero-order chi connectivity index (χ0) is 16.9. The highest BCUT2D eigenvalue weighted by molar-refractivity contribution is 5.03. The molecule has 6 nitrogen and oxygen atoms in total. The summed E-state index contributed by atoms with van der Waals surface area (Å²) in [7, 11) is 1.70. The molecule has 5 atom stereocenters. The van der Waals surface area contributed by atoms with Gasteiger partial charge < -0.3 is 28.4 Å². The molecule has 3 saturated heterocycles. The minimum absolute atomic E-state index is 0.127. The molecule has 5 rings (SSSR count). The van der Waals surface area contributed by atoms with E-state index in [1.54, 1.807) is 7.11 Å². The van der Waals surface area contributed by atoms with Crippen LogP contribution in [0.5, 0.6) is 0 Å². The minimum atomic E-state index is -0.480. The van der Waals surface area contributed by atoms with Crippen molar-refractivity contribution in [2.75, 3.05) is 13.7 Å². The predicted octanol–water partition coefficient (Wildman–Crippen LogP) is 2.88. The second-order valence-corrected chi connectivity index (χ2v) is 8.31. The lowest BCUT2D eigenvalue weighted by Gasteiger charge is -2.36. The summed E-state index contributed by atoms with van der Waals surface area (Å²) in [6.45, 7) is 0.486. The molecule has 142 valence electrons. The van der Waals surface area contributed by atoms with Gasteiger partial charge in [-0.15, -0.1) is 0 Å². The zero-order valence-corrected chi connectivity index (χ0v) is 15.1. The topological polar surface area (TPSA) is 55.4 Å². The van der Waals surface area contributed by atoms with Crippen molar-refractivity contribution in [2.45, 2.75) is 106 Å². The van der Waals surface area contributed by atoms with Crippen LogP contribution in [0.1, 0.15) is 64.2 Å². The Kier molecular flexibility index (Phi) is 4.34. The lowest BCUT2D eigenvalue weighted by Crippen LogP contribution is -2.56. The quantitative estimate of drug-likeness (QED) is 0.760. The van der Waals surface area contributed by atoms with Gasteiger partial charge in [-0.2, -0.15) is 0 Å². The summed E-state index contributed by atoms with van der Waals surface area (Å²) in [5.41, 5.74) is 0. The second kappa shape index (κ2) is 6.43. The summed E-state index contributed by atoms with van der Waals surface area (Å²) >= 11 is 0. The molecule has 3 aliphatic heterocycles. The molecule has 2 aliphatic carbocycles. The van der Waals surface area contributed by atoms with Crippen LogP contribution in [-0.4, -0.2) is 56.0 Å². The van der Waals surface area contributed by atoms with Crippen LogP contribution < -0.4 is 0 Å². The van der Waals surface area contributed by atoms with Crippen LogP contribution in [0.15, 0.2) is 0 Å². The maximum Gasteiger partial charge on any atom is 0.190 e. The highest BCUT2D eigenvalue weighted by Gasteiger charge is 2.63. The monoisotopic (exact) mass is 354 g/mol. The van der Waals surface area contributed by atoms with E-state index in [0.29, 0.717) is 6.61 Å². The molecular formula is C19H30O6. The van der Waals surface area contributed by atoms with Gasteiger partial charge in [-0.25, -0.2) is 0 Å². The Bertz CT molecular complexity index is 484. The van der Waals surface area contributed by atoms with E-state index in [1.165, 1.54) is 12.8 Å². The number of methoxy groups -OCH3 is 1. The molecule has 0 bridgehead atoms. The van der Waals surface area contributed by atoms with Crippen molar-refractivity contribution in [1.82, 2.24) is 0 Å². The van der Waals surface area contributed by atoms with Gasteiger partial charge in [0.25, 0.3) is 0 Å². The maximum atomic E-state index is 6.56. The molecule has 2 saturated carbocycles. The SMILES string of the molecule is COCC1OC2OC3(CCCCC3)OC2C2OC3(CCCCC3)OC12. The van der Waals surface area contributed by atoms with Crippen molar-refractivity contribution in [1.29, 1.82) is 0 Å². The van der Waals surface area contributed by atoms with Crippen LogP contribution in [0, 0.1) is 0 Å². The molecule has 0 aromatic rings. The first kappa shape index (κ1) is 16.9. The van der Waals surface area contributed by atoms with Crippen molar-refractivity contribution in [3.8, 4) is 0 Å². The van der Waals surface area contributed by atoms with Crippen LogP contribution in [-0.2, 0) is 28.4 Å². The number of fused-ring (bicyclic) bond motifs is 3. The molecule has 5 fully saturated rings. The molecule has 0 aromatic heterocycles. The summed E-state index contributed by atoms with van der Waals surface area (Å²) in [6, 6.07) is 0. The van der Waals surface area contributed by atoms with Crippen LogP contribution in [0.25, 0.3) is 0 Å². The average molecular weight is 354 g/mol. The Morgan fingerprint density at radius 2 is 1.28 bits per heavy atom. The van der Waals surface area contributed by atoms with Crippen molar-refractivity contribution < 1.29 is 28.4 Å². The van der Waals surface area contributed by atoms with E-state index < -0.39 is 11.6 Å². The lowest BCUT2D eigenvalue weighted by molar-refractivity contribution is -0.255. The summed E-state index contributed by atoms with van der Waals surface area (Å²) in [5, 5.41) is 0. The van der Waals surface area contributed by atoms with E-state index in [0.717, 1.165) is 51.4 Å². The molecule has 5 aliphatic rings. The van der Waals surface area contributed by atoms with E-state index in [9.17, 15) is 0 Å². The van der Waals surface area contributed by atoms with Crippen LogP contribution in [0.3, 0.4) is 0 Å². The third-order valence-corrected chi connectivity index (χ3v) is 6.54. The first-order valence-corrected chi connectivity index (χ1v) is 10.1. The number of hydrogen-bond donors (Lipinski definition) is 0. The number of hydrogen-bond acceptors (Lipinski definition) is 6. The van der Waals surface area contributed by atoms with Gasteiger partial charge in [-0.1, -0.05) is 12.8 Å². The van der Waals surface area contributed by atoms with Crippen molar-refractivity contribution in [3.63, 3.8) is 0 Å². The van der Waals surface area contributed by atoms with E-state index in [-0.39, 0.29) is 30.7 Å². The Hall–Kier alpha value is -0.240. The second-order valence-electron chi connectivity index (χ2n) is 8.31. The molecule has 0 radical (unpaired) electrons. The van der Waals surface area contributed by atoms with Gasteiger partial charge in [0, 0.05) is 32.8 Å². The van der Waals surface area contributed by atoms with Gasteiger partial charge in [-0.05, 0) is 25.7 Å². The van der Waals surface area contributed by atoms with E-state index in [4.69, 9.17) is 28.4 Å². The van der Waals surface area contributed by atoms with Crippen LogP contribution in [0.4, 0.5) is 0 Å². The first-order valence-electron chi connectivity index (χ1n) is 10.1. The van der Waals surface area contributed by atoms with Gasteiger partial charge in [0.15, 0.2) is 17.9 Å². The van der Waals surface area contributed by atoms with Crippen LogP contribution >= 0.6 is 0 Å². The Morgan fingerprint density at radius 3 is 1.92 bits per heavy atom. The van der Waals surface area contributed by atoms with Crippen molar-refractivity contribution in [2.24, 2.45) is 0 Å². The Labute approximate surface area is 149 Å². The lowest BCUT2D eigenvalue weighted by atomic mass is 9.94. The first-order chi connectivity index (χ1) is 12.2. The molecule has 0 amide bonds. The smallest absolute Gasteiger partial charge is 0.190 e. The van der Waals surface area contributed by atoms with E-state index in [2.05, 4.69) is 0 Å². The maximum absolute atomic E-state index is 6.56. The molecule has 3 heterocycles. The van der Waals surface area contributed by atoms with Gasteiger partial charge in [0.2, 0.25) is 0 Å². The molecule has 25 heavy (non-hydrogen) atoms.